The Bertz CT molecular complexity index is 280. The van der Waals surface area contributed by atoms with Crippen molar-refractivity contribution in [1.29, 1.82) is 0 Å². The van der Waals surface area contributed by atoms with Crippen LogP contribution >= 0.6 is 0 Å². The molecule has 0 saturated heterocycles. The first-order valence-corrected chi connectivity index (χ1v) is 6.52. The Balaban J connectivity index is 4.48. The van der Waals surface area contributed by atoms with Gasteiger partial charge in [0.25, 0.3) is 0 Å². The fourth-order valence-electron chi connectivity index (χ4n) is 1.07. The summed E-state index contributed by atoms with van der Waals surface area (Å²) in [4.78, 5) is 22.2. The van der Waals surface area contributed by atoms with Gasteiger partial charge in [-0.2, -0.15) is 0 Å². The topological polar surface area (TPSA) is 72.5 Å². The molecule has 0 aliphatic carbocycles. The van der Waals surface area contributed by atoms with Crippen LogP contribution in [0, 0.1) is 0 Å². The summed E-state index contributed by atoms with van der Waals surface area (Å²) in [7, 11) is 0.0904. The Morgan fingerprint density at radius 2 is 2.00 bits per heavy atom. The van der Waals surface area contributed by atoms with Crippen LogP contribution in [-0.4, -0.2) is 40.2 Å². The Kier molecular flexibility index (Phi) is 6.96. The predicted octanol–water partition coefficient (Wildman–Crippen LogP) is 0.211. The molecule has 1 N–H and O–H groups in total. The van der Waals surface area contributed by atoms with Crippen molar-refractivity contribution in [3.05, 3.63) is 0 Å². The van der Waals surface area contributed by atoms with Crippen molar-refractivity contribution >= 4 is 22.7 Å². The van der Waals surface area contributed by atoms with Crippen LogP contribution in [0.3, 0.4) is 0 Å². The molecule has 0 spiro atoms. The van der Waals surface area contributed by atoms with Crippen LogP contribution in [0.4, 0.5) is 0 Å². The molecule has 5 nitrogen and oxygen atoms in total. The molecule has 0 saturated carbocycles. The number of methoxy groups -OCH3 is 1. The molecule has 3 atom stereocenters. The molecule has 0 heterocycles. The second kappa shape index (κ2) is 7.38. The molecule has 0 aliphatic heterocycles. The highest BCUT2D eigenvalue weighted by Gasteiger charge is 2.24. The number of carbonyl (C=O) groups is 2. The van der Waals surface area contributed by atoms with Crippen LogP contribution < -0.4 is 5.32 Å². The quantitative estimate of drug-likeness (QED) is 0.683. The van der Waals surface area contributed by atoms with Gasteiger partial charge in [0.05, 0.1) is 12.9 Å². The molecule has 3 unspecified atom stereocenters. The number of rotatable bonds is 6. The number of hydrogen-bond acceptors (Lipinski definition) is 4. The van der Waals surface area contributed by atoms with E-state index in [1.807, 2.05) is 13.8 Å². The third-order valence-electron chi connectivity index (χ3n) is 2.22. The molecule has 0 bridgehead atoms. The summed E-state index contributed by atoms with van der Waals surface area (Å²) in [5.74, 6) is -0.801. The molecular weight excluding hydrogens is 230 g/mol. The molecule has 16 heavy (non-hydrogen) atoms. The van der Waals surface area contributed by atoms with Crippen LogP contribution in [0.5, 0.6) is 0 Å². The van der Waals surface area contributed by atoms with E-state index in [-0.39, 0.29) is 16.9 Å². The number of esters is 1. The maximum absolute atomic E-state index is 11.7. The minimum atomic E-state index is -1.15. The number of nitrogens with one attached hydrogen (secondary N) is 1. The largest absolute Gasteiger partial charge is 0.467 e. The second-order valence-corrected chi connectivity index (χ2v) is 5.44. The van der Waals surface area contributed by atoms with Crippen LogP contribution in [-0.2, 0) is 25.1 Å². The van der Waals surface area contributed by atoms with E-state index in [1.165, 1.54) is 14.0 Å². The minimum Gasteiger partial charge on any atom is -0.467 e. The Morgan fingerprint density at radius 3 is 2.38 bits per heavy atom. The second-order valence-electron chi connectivity index (χ2n) is 3.54. The summed E-state index contributed by atoms with van der Waals surface area (Å²) in [5, 5.41) is 2.43. The highest BCUT2D eigenvalue weighted by Crippen LogP contribution is 2.03. The molecule has 0 rings (SSSR count). The van der Waals surface area contributed by atoms with Gasteiger partial charge in [-0.25, -0.2) is 4.79 Å². The highest BCUT2D eigenvalue weighted by molar-refractivity contribution is 7.85. The van der Waals surface area contributed by atoms with E-state index in [1.54, 1.807) is 0 Å². The monoisotopic (exact) mass is 249 g/mol. The van der Waals surface area contributed by atoms with Crippen LogP contribution in [0.25, 0.3) is 0 Å². The summed E-state index contributed by atoms with van der Waals surface area (Å²) in [6, 6.07) is -0.822. The highest BCUT2D eigenvalue weighted by atomic mass is 32.2. The number of ether oxygens (including phenoxy) is 1. The van der Waals surface area contributed by atoms with Crippen molar-refractivity contribution in [3.63, 3.8) is 0 Å². The molecule has 1 amide bonds. The summed E-state index contributed by atoms with van der Waals surface area (Å²) in [6.45, 7) is 5.08. The van der Waals surface area contributed by atoms with Gasteiger partial charge in [-0.1, -0.05) is 13.8 Å². The molecule has 0 aromatic carbocycles. The van der Waals surface area contributed by atoms with E-state index in [9.17, 15) is 13.8 Å². The maximum atomic E-state index is 11.7. The molecule has 94 valence electrons. The lowest BCUT2D eigenvalue weighted by Crippen LogP contribution is -2.45. The van der Waals surface area contributed by atoms with Crippen molar-refractivity contribution in [3.8, 4) is 0 Å². The number of carbonyl (C=O) groups excluding carboxylic acids is 2. The molecule has 0 aromatic rings. The number of hydrogen-bond donors (Lipinski definition) is 1. The average Bonchev–Trinajstić information content (AvgIpc) is 2.25. The summed E-state index contributed by atoms with van der Waals surface area (Å²) in [6.07, 6.45) is 0.764. The third-order valence-corrected chi connectivity index (χ3v) is 4.11. The van der Waals surface area contributed by atoms with Gasteiger partial charge in [-0.3, -0.25) is 9.00 Å². The van der Waals surface area contributed by atoms with Gasteiger partial charge in [0.2, 0.25) is 5.91 Å². The molecule has 0 fully saturated rings. The van der Waals surface area contributed by atoms with Crippen LogP contribution in [0.15, 0.2) is 0 Å². The van der Waals surface area contributed by atoms with E-state index in [0.717, 1.165) is 6.42 Å². The minimum absolute atomic E-state index is 0.000847. The van der Waals surface area contributed by atoms with Gasteiger partial charge in [-0.05, 0) is 6.42 Å². The van der Waals surface area contributed by atoms with E-state index in [4.69, 9.17) is 0 Å². The predicted molar refractivity (Wildman–Crippen MR) is 62.4 cm³/mol. The first kappa shape index (κ1) is 15.1. The van der Waals surface area contributed by atoms with E-state index < -0.39 is 22.8 Å². The van der Waals surface area contributed by atoms with Gasteiger partial charge in [0, 0.05) is 23.0 Å². The third kappa shape index (κ3) is 5.25. The zero-order valence-corrected chi connectivity index (χ0v) is 10.9. The van der Waals surface area contributed by atoms with Gasteiger partial charge < -0.3 is 10.1 Å². The first-order chi connectivity index (χ1) is 7.42. The van der Waals surface area contributed by atoms with Crippen molar-refractivity contribution in [2.45, 2.75) is 38.5 Å². The molecule has 0 aromatic heterocycles. The van der Waals surface area contributed by atoms with Gasteiger partial charge in [0.15, 0.2) is 0 Å². The van der Waals surface area contributed by atoms with Gasteiger partial charge >= 0.3 is 5.97 Å². The first-order valence-electron chi connectivity index (χ1n) is 5.14. The fraction of sp³-hybridized carbons (Fsp3) is 0.800. The van der Waals surface area contributed by atoms with E-state index in [2.05, 4.69) is 10.1 Å². The van der Waals surface area contributed by atoms with Crippen molar-refractivity contribution in [2.75, 3.05) is 12.9 Å². The van der Waals surface area contributed by atoms with Crippen LogP contribution in [0.1, 0.15) is 27.2 Å². The van der Waals surface area contributed by atoms with E-state index >= 15 is 0 Å². The van der Waals surface area contributed by atoms with Crippen molar-refractivity contribution in [1.82, 2.24) is 5.32 Å². The zero-order chi connectivity index (χ0) is 12.7. The molecular formula is C10H19NO4S. The summed E-state index contributed by atoms with van der Waals surface area (Å²) >= 11 is 0. The zero-order valence-electron chi connectivity index (χ0n) is 10.1. The average molecular weight is 249 g/mol. The smallest absolute Gasteiger partial charge is 0.329 e. The Morgan fingerprint density at radius 1 is 1.44 bits per heavy atom. The lowest BCUT2D eigenvalue weighted by molar-refractivity contribution is -0.144. The Hall–Kier alpha value is -0.910. The standard InChI is InChI=1S/C10H19NO4S/c1-5-7(2)16(14)6-9(10(13)15-4)11-8(3)12/h7,9H,5-6H2,1-4H3,(H,11,12). The fourth-order valence-corrected chi connectivity index (χ4v) is 2.32. The summed E-state index contributed by atoms with van der Waals surface area (Å²) < 4.78 is 16.3. The van der Waals surface area contributed by atoms with Crippen molar-refractivity contribution < 1.29 is 18.5 Å². The lowest BCUT2D eigenvalue weighted by Gasteiger charge is -2.17. The van der Waals surface area contributed by atoms with Crippen molar-refractivity contribution in [2.24, 2.45) is 0 Å². The Labute approximate surface area is 98.4 Å². The summed E-state index contributed by atoms with van der Waals surface area (Å²) in [5.41, 5.74) is 0. The van der Waals surface area contributed by atoms with Gasteiger partial charge in [0.1, 0.15) is 6.04 Å². The van der Waals surface area contributed by atoms with Gasteiger partial charge in [-0.15, -0.1) is 0 Å². The molecule has 0 aliphatic rings. The lowest BCUT2D eigenvalue weighted by atomic mass is 10.3. The normalized spacial score (nSPS) is 16.0. The molecule has 0 radical (unpaired) electrons. The maximum Gasteiger partial charge on any atom is 0.329 e. The van der Waals surface area contributed by atoms with Crippen LogP contribution in [0.2, 0.25) is 0 Å². The number of amides is 1. The van der Waals surface area contributed by atoms with E-state index in [0.29, 0.717) is 0 Å². The molecule has 6 heteroatoms. The SMILES string of the molecule is CCC(C)S(=O)CC(NC(C)=O)C(=O)OC.